The Labute approximate surface area is 201 Å². The summed E-state index contributed by atoms with van der Waals surface area (Å²) in [6.07, 6.45) is 3.64. The van der Waals surface area contributed by atoms with Gasteiger partial charge < -0.3 is 14.2 Å². The van der Waals surface area contributed by atoms with Crippen LogP contribution in [0.3, 0.4) is 0 Å². The molecule has 0 saturated heterocycles. The first-order valence-electron chi connectivity index (χ1n) is 11.0. The quantitative estimate of drug-likeness (QED) is 0.309. The van der Waals surface area contributed by atoms with Gasteiger partial charge in [-0.3, -0.25) is 4.79 Å². The van der Waals surface area contributed by atoms with E-state index in [0.717, 1.165) is 16.7 Å². The molecule has 0 atom stereocenters. The fourth-order valence-corrected chi connectivity index (χ4v) is 3.87. The monoisotopic (exact) mass is 472 g/mol. The van der Waals surface area contributed by atoms with Crippen LogP contribution in [0.1, 0.15) is 60.5 Å². The molecule has 1 heterocycles. The zero-order valence-corrected chi connectivity index (χ0v) is 21.3. The first-order chi connectivity index (χ1) is 15.3. The molecule has 2 rings (SSSR count). The van der Waals surface area contributed by atoms with E-state index in [1.807, 2.05) is 50.3 Å². The highest BCUT2D eigenvalue weighted by Gasteiger charge is 2.49. The van der Waals surface area contributed by atoms with Gasteiger partial charge in [-0.05, 0) is 82.4 Å². The highest BCUT2D eigenvalue weighted by Crippen LogP contribution is 2.42. The maximum absolute atomic E-state index is 13.4. The van der Waals surface area contributed by atoms with Crippen LogP contribution in [0, 0.1) is 0 Å². The first-order valence-corrected chi connectivity index (χ1v) is 11.4. The Morgan fingerprint density at radius 2 is 1.70 bits per heavy atom. The summed E-state index contributed by atoms with van der Waals surface area (Å²) in [4.78, 5) is 25.6. The summed E-state index contributed by atoms with van der Waals surface area (Å²) in [6.45, 7) is 16.9. The molecule has 0 aromatic heterocycles. The minimum absolute atomic E-state index is 0.105. The maximum Gasteiger partial charge on any atom is 0.513 e. The molecule has 1 aliphatic rings. The maximum atomic E-state index is 13.4. The van der Waals surface area contributed by atoms with Crippen LogP contribution in [-0.2, 0) is 19.0 Å². The van der Waals surface area contributed by atoms with Crippen LogP contribution in [0.25, 0.3) is 5.57 Å². The fourth-order valence-electron chi connectivity index (χ4n) is 3.74. The van der Waals surface area contributed by atoms with Crippen molar-refractivity contribution >= 4 is 29.1 Å². The van der Waals surface area contributed by atoms with Gasteiger partial charge in [0.1, 0.15) is 11.2 Å². The third-order valence-electron chi connectivity index (χ3n) is 5.41. The summed E-state index contributed by atoms with van der Waals surface area (Å²) in [5.41, 5.74) is 1.48. The fraction of sp³-hybridized carbons (Fsp3) is 0.407. The van der Waals surface area contributed by atoms with Crippen LogP contribution in [-0.4, -0.2) is 29.7 Å². The number of hydrogen-bond donors (Lipinski definition) is 0. The molecule has 5 nitrogen and oxygen atoms in total. The van der Waals surface area contributed by atoms with Crippen molar-refractivity contribution in [2.24, 2.45) is 0 Å². The number of carbonyl (C=O) groups excluding carboxylic acids is 2. The van der Waals surface area contributed by atoms with Crippen molar-refractivity contribution in [3.05, 3.63) is 76.1 Å². The second kappa shape index (κ2) is 10.5. The zero-order valence-electron chi connectivity index (χ0n) is 20.5. The molecule has 178 valence electrons. The van der Waals surface area contributed by atoms with Crippen molar-refractivity contribution in [1.82, 2.24) is 0 Å². The molecule has 0 N–H and O–H groups in total. The lowest BCUT2D eigenvalue weighted by Crippen LogP contribution is -2.51. The highest BCUT2D eigenvalue weighted by atomic mass is 35.5. The number of ether oxygens (including phenoxy) is 3. The van der Waals surface area contributed by atoms with E-state index >= 15 is 0 Å². The number of ketones is 1. The molecular weight excluding hydrogens is 440 g/mol. The van der Waals surface area contributed by atoms with Gasteiger partial charge in [-0.2, -0.15) is 0 Å². The van der Waals surface area contributed by atoms with Gasteiger partial charge >= 0.3 is 6.16 Å². The Hall–Kier alpha value is -2.63. The van der Waals surface area contributed by atoms with Crippen molar-refractivity contribution in [3.63, 3.8) is 0 Å². The smallest absolute Gasteiger partial charge is 0.434 e. The van der Waals surface area contributed by atoms with Crippen LogP contribution in [0.4, 0.5) is 4.79 Å². The van der Waals surface area contributed by atoms with Crippen LogP contribution in [0.15, 0.2) is 65.5 Å². The van der Waals surface area contributed by atoms with Gasteiger partial charge in [0.2, 0.25) is 0 Å². The summed E-state index contributed by atoms with van der Waals surface area (Å²) in [5, 5.41) is 0.675. The predicted octanol–water partition coefficient (Wildman–Crippen LogP) is 7.22. The van der Waals surface area contributed by atoms with E-state index in [2.05, 4.69) is 6.58 Å². The van der Waals surface area contributed by atoms with E-state index in [9.17, 15) is 9.59 Å². The van der Waals surface area contributed by atoms with Crippen molar-refractivity contribution in [1.29, 1.82) is 0 Å². The summed E-state index contributed by atoms with van der Waals surface area (Å²) >= 11 is 5.99. The summed E-state index contributed by atoms with van der Waals surface area (Å²) in [5.74, 6) is -0.197. The summed E-state index contributed by atoms with van der Waals surface area (Å²) in [6, 6.07) is 7.57. The Balaban J connectivity index is 2.56. The van der Waals surface area contributed by atoms with Gasteiger partial charge in [0.25, 0.3) is 0 Å². The Morgan fingerprint density at radius 1 is 1.09 bits per heavy atom. The van der Waals surface area contributed by atoms with E-state index in [-0.39, 0.29) is 23.7 Å². The average Bonchev–Trinajstić information content (AvgIpc) is 2.72. The van der Waals surface area contributed by atoms with Crippen LogP contribution in [0.2, 0.25) is 5.02 Å². The van der Waals surface area contributed by atoms with Gasteiger partial charge in [0.15, 0.2) is 11.5 Å². The van der Waals surface area contributed by atoms with Gasteiger partial charge in [0, 0.05) is 5.02 Å². The predicted molar refractivity (Wildman–Crippen MR) is 132 cm³/mol. The standard InChI is InChI=1S/C27H33ClO5/c1-9-19(12-11-17(3)20-13-15-21(28)16-14-20)18(4)22-23(29)26(5,6)33-27(7,8)24(22)32-25(30)31-10-2/h11-16H,4,9-10H2,1-3,5-8H3/b17-11+,19-12-. The number of Topliss-reactive ketones (excluding diaryl/α,β-unsaturated/α-hetero) is 1. The van der Waals surface area contributed by atoms with Crippen LogP contribution < -0.4 is 0 Å². The number of benzene rings is 1. The molecule has 6 heteroatoms. The van der Waals surface area contributed by atoms with Crippen molar-refractivity contribution in [3.8, 4) is 0 Å². The van der Waals surface area contributed by atoms with Gasteiger partial charge in [0.05, 0.1) is 12.2 Å². The normalized spacial score (nSPS) is 18.2. The zero-order chi connectivity index (χ0) is 25.0. The van der Waals surface area contributed by atoms with Crippen LogP contribution in [0.5, 0.6) is 0 Å². The lowest BCUT2D eigenvalue weighted by Gasteiger charge is -2.42. The lowest BCUT2D eigenvalue weighted by atomic mass is 9.80. The molecule has 1 aliphatic heterocycles. The summed E-state index contributed by atoms with van der Waals surface area (Å²) < 4.78 is 16.5. The van der Waals surface area contributed by atoms with Crippen LogP contribution >= 0.6 is 11.6 Å². The molecule has 0 radical (unpaired) electrons. The molecule has 0 saturated carbocycles. The van der Waals surface area contributed by atoms with Gasteiger partial charge in [-0.25, -0.2) is 4.79 Å². The highest BCUT2D eigenvalue weighted by molar-refractivity contribution is 6.30. The van der Waals surface area contributed by atoms with E-state index in [1.165, 1.54) is 0 Å². The average molecular weight is 473 g/mol. The summed E-state index contributed by atoms with van der Waals surface area (Å²) in [7, 11) is 0. The molecule has 0 spiro atoms. The molecule has 0 fully saturated rings. The second-order valence-corrected chi connectivity index (χ2v) is 9.26. The molecule has 0 unspecified atom stereocenters. The van der Waals surface area contributed by atoms with Gasteiger partial charge in [-0.15, -0.1) is 0 Å². The molecule has 1 aromatic carbocycles. The van der Waals surface area contributed by atoms with Gasteiger partial charge in [-0.1, -0.05) is 49.4 Å². The molecule has 1 aromatic rings. The number of hydrogen-bond acceptors (Lipinski definition) is 5. The van der Waals surface area contributed by atoms with E-state index < -0.39 is 17.4 Å². The first kappa shape index (κ1) is 26.6. The third-order valence-corrected chi connectivity index (χ3v) is 5.66. The third kappa shape index (κ3) is 6.24. The number of rotatable bonds is 7. The SMILES string of the molecule is C=C(C1=C(OC(=O)OCC)C(C)(C)OC(C)(C)C1=O)/C(=C\C=C(/C)c1ccc(Cl)cc1)CC. The molecule has 0 aliphatic carbocycles. The topological polar surface area (TPSA) is 61.8 Å². The minimum atomic E-state index is -1.11. The molecule has 33 heavy (non-hydrogen) atoms. The largest absolute Gasteiger partial charge is 0.513 e. The van der Waals surface area contributed by atoms with E-state index in [4.69, 9.17) is 25.8 Å². The Kier molecular flexibility index (Phi) is 8.50. The molecular formula is C27H33ClO5. The van der Waals surface area contributed by atoms with Crippen molar-refractivity contribution in [2.45, 2.75) is 66.1 Å². The van der Waals surface area contributed by atoms with Crippen molar-refractivity contribution < 1.29 is 23.8 Å². The Bertz CT molecular complexity index is 1020. The number of allylic oxidation sites excluding steroid dienone is 5. The molecule has 0 amide bonds. The van der Waals surface area contributed by atoms with E-state index in [0.29, 0.717) is 17.0 Å². The Morgan fingerprint density at radius 3 is 2.24 bits per heavy atom. The molecule has 0 bridgehead atoms. The second-order valence-electron chi connectivity index (χ2n) is 8.82. The number of halogens is 1. The number of carbonyl (C=O) groups is 2. The minimum Gasteiger partial charge on any atom is -0.434 e. The van der Waals surface area contributed by atoms with E-state index in [1.54, 1.807) is 34.6 Å². The van der Waals surface area contributed by atoms with Crippen molar-refractivity contribution in [2.75, 3.05) is 6.61 Å². The lowest BCUT2D eigenvalue weighted by molar-refractivity contribution is -0.162.